The van der Waals surface area contributed by atoms with Gasteiger partial charge in [-0.3, -0.25) is 9.69 Å². The number of nitrogens with zero attached hydrogens (tertiary/aromatic N) is 3. The summed E-state index contributed by atoms with van der Waals surface area (Å²) in [6, 6.07) is 0.496. The molecule has 0 bridgehead atoms. The number of piperidine rings is 1. The summed E-state index contributed by atoms with van der Waals surface area (Å²) in [6.07, 6.45) is 1.74. The van der Waals surface area contributed by atoms with Crippen LogP contribution < -0.4 is 0 Å². The number of amides is 2. The van der Waals surface area contributed by atoms with Crippen LogP contribution >= 0.6 is 0 Å². The molecule has 0 aromatic rings. The van der Waals surface area contributed by atoms with Crippen molar-refractivity contribution in [3.05, 3.63) is 0 Å². The van der Waals surface area contributed by atoms with Gasteiger partial charge in [0.15, 0.2) is 0 Å². The zero-order valence-corrected chi connectivity index (χ0v) is 12.8. The first-order valence-corrected chi connectivity index (χ1v) is 7.51. The molecule has 7 heteroatoms. The Hall–Kier alpha value is -1.34. The molecule has 2 aliphatic rings. The van der Waals surface area contributed by atoms with Crippen LogP contribution in [0, 0.1) is 0 Å². The molecule has 0 saturated carbocycles. The third-order valence-corrected chi connectivity index (χ3v) is 4.21. The first-order chi connectivity index (χ1) is 9.97. The zero-order valence-electron chi connectivity index (χ0n) is 12.8. The Balaban J connectivity index is 1.81. The SMILES string of the molecule is CN(C)C(=O)N1CCC(N2CCOC(CC(=O)O)C2)CC1. The molecule has 2 amide bonds. The van der Waals surface area contributed by atoms with Crippen molar-refractivity contribution in [3.8, 4) is 0 Å². The summed E-state index contributed by atoms with van der Waals surface area (Å²) in [6.45, 7) is 3.65. The van der Waals surface area contributed by atoms with Crippen molar-refractivity contribution >= 4 is 12.0 Å². The van der Waals surface area contributed by atoms with Crippen LogP contribution in [0.15, 0.2) is 0 Å². The van der Waals surface area contributed by atoms with E-state index in [-0.39, 0.29) is 18.6 Å². The first kappa shape index (κ1) is 16.0. The summed E-state index contributed by atoms with van der Waals surface area (Å²) >= 11 is 0. The highest BCUT2D eigenvalue weighted by Gasteiger charge is 2.31. The molecule has 1 atom stereocenters. The minimum Gasteiger partial charge on any atom is -0.481 e. The quantitative estimate of drug-likeness (QED) is 0.812. The van der Waals surface area contributed by atoms with E-state index in [0.717, 1.165) is 32.5 Å². The van der Waals surface area contributed by atoms with Crippen LogP contribution in [0.5, 0.6) is 0 Å². The number of carboxylic acid groups (broad SMARTS) is 1. The van der Waals surface area contributed by atoms with Gasteiger partial charge in [-0.2, -0.15) is 0 Å². The third kappa shape index (κ3) is 4.31. The number of hydrogen-bond donors (Lipinski definition) is 1. The lowest BCUT2D eigenvalue weighted by Crippen LogP contribution is -2.53. The monoisotopic (exact) mass is 299 g/mol. The van der Waals surface area contributed by atoms with Crippen LogP contribution in [0.3, 0.4) is 0 Å². The van der Waals surface area contributed by atoms with Crippen LogP contribution in [-0.4, -0.2) is 90.8 Å². The molecule has 0 radical (unpaired) electrons. The van der Waals surface area contributed by atoms with Crippen LogP contribution in [-0.2, 0) is 9.53 Å². The van der Waals surface area contributed by atoms with Crippen molar-refractivity contribution in [1.82, 2.24) is 14.7 Å². The number of aliphatic carboxylic acids is 1. The normalized spacial score (nSPS) is 24.9. The Morgan fingerprint density at radius 1 is 1.24 bits per heavy atom. The highest BCUT2D eigenvalue weighted by atomic mass is 16.5. The van der Waals surface area contributed by atoms with Crippen LogP contribution in [0.25, 0.3) is 0 Å². The Kier molecular flexibility index (Phi) is 5.41. The van der Waals surface area contributed by atoms with E-state index in [1.807, 2.05) is 4.90 Å². The number of carboxylic acids is 1. The van der Waals surface area contributed by atoms with Crippen molar-refractivity contribution in [2.75, 3.05) is 46.9 Å². The molecule has 7 nitrogen and oxygen atoms in total. The minimum absolute atomic E-state index is 0.0639. The summed E-state index contributed by atoms with van der Waals surface area (Å²) in [4.78, 5) is 28.5. The predicted molar refractivity (Wildman–Crippen MR) is 77.2 cm³/mol. The molecular weight excluding hydrogens is 274 g/mol. The smallest absolute Gasteiger partial charge is 0.319 e. The molecule has 0 spiro atoms. The molecule has 0 aliphatic carbocycles. The highest BCUT2D eigenvalue weighted by molar-refractivity contribution is 5.73. The maximum absolute atomic E-state index is 11.9. The lowest BCUT2D eigenvalue weighted by atomic mass is 10.0. The van der Waals surface area contributed by atoms with Crippen molar-refractivity contribution in [1.29, 1.82) is 0 Å². The number of rotatable bonds is 3. The zero-order chi connectivity index (χ0) is 15.4. The van der Waals surface area contributed by atoms with Gasteiger partial charge < -0.3 is 19.6 Å². The predicted octanol–water partition coefficient (Wildman–Crippen LogP) is 0.308. The number of morpholine rings is 1. The van der Waals surface area contributed by atoms with Crippen molar-refractivity contribution in [2.45, 2.75) is 31.4 Å². The molecule has 2 rings (SSSR count). The molecular formula is C14H25N3O4. The number of hydrogen-bond acceptors (Lipinski definition) is 4. The number of carbonyl (C=O) groups is 2. The maximum Gasteiger partial charge on any atom is 0.319 e. The van der Waals surface area contributed by atoms with E-state index in [9.17, 15) is 9.59 Å². The fraction of sp³-hybridized carbons (Fsp3) is 0.857. The van der Waals surface area contributed by atoms with Crippen molar-refractivity contribution in [3.63, 3.8) is 0 Å². The van der Waals surface area contributed by atoms with E-state index in [1.165, 1.54) is 0 Å². The molecule has 2 saturated heterocycles. The van der Waals surface area contributed by atoms with Gasteiger partial charge in [-0.25, -0.2) is 4.79 Å². The molecule has 2 heterocycles. The lowest BCUT2D eigenvalue weighted by Gasteiger charge is -2.42. The van der Waals surface area contributed by atoms with E-state index in [4.69, 9.17) is 9.84 Å². The van der Waals surface area contributed by atoms with Crippen LogP contribution in [0.4, 0.5) is 4.79 Å². The Morgan fingerprint density at radius 2 is 1.90 bits per heavy atom. The second kappa shape index (κ2) is 7.09. The summed E-state index contributed by atoms with van der Waals surface area (Å²) < 4.78 is 5.51. The first-order valence-electron chi connectivity index (χ1n) is 7.51. The van der Waals surface area contributed by atoms with Gasteiger partial charge in [0.05, 0.1) is 19.1 Å². The number of ether oxygens (including phenoxy) is 1. The van der Waals surface area contributed by atoms with Crippen molar-refractivity contribution in [2.24, 2.45) is 0 Å². The molecule has 120 valence electrons. The summed E-state index contributed by atoms with van der Waals surface area (Å²) in [5.41, 5.74) is 0. The van der Waals surface area contributed by atoms with E-state index < -0.39 is 5.97 Å². The third-order valence-electron chi connectivity index (χ3n) is 4.21. The average molecular weight is 299 g/mol. The standard InChI is InChI=1S/C14H25N3O4/c1-15(2)14(20)16-5-3-11(4-6-16)17-7-8-21-12(10-17)9-13(18)19/h11-12H,3-10H2,1-2H3,(H,18,19). The van der Waals surface area contributed by atoms with Crippen LogP contribution in [0.2, 0.25) is 0 Å². The molecule has 1 unspecified atom stereocenters. The van der Waals surface area contributed by atoms with Gasteiger partial charge in [0.25, 0.3) is 0 Å². The largest absolute Gasteiger partial charge is 0.481 e. The number of urea groups is 1. The number of likely N-dealkylation sites (tertiary alicyclic amines) is 1. The Labute approximate surface area is 125 Å². The summed E-state index contributed by atoms with van der Waals surface area (Å²) in [7, 11) is 3.54. The van der Waals surface area contributed by atoms with Gasteiger partial charge in [-0.15, -0.1) is 0 Å². The van der Waals surface area contributed by atoms with E-state index >= 15 is 0 Å². The van der Waals surface area contributed by atoms with E-state index in [0.29, 0.717) is 19.2 Å². The van der Waals surface area contributed by atoms with Gasteiger partial charge in [0.1, 0.15) is 0 Å². The second-order valence-electron chi connectivity index (χ2n) is 5.98. The maximum atomic E-state index is 11.9. The number of carbonyl (C=O) groups excluding carboxylic acids is 1. The van der Waals surface area contributed by atoms with Crippen LogP contribution in [0.1, 0.15) is 19.3 Å². The van der Waals surface area contributed by atoms with Gasteiger partial charge >= 0.3 is 12.0 Å². The fourth-order valence-electron chi connectivity index (χ4n) is 3.10. The minimum atomic E-state index is -0.812. The summed E-state index contributed by atoms with van der Waals surface area (Å²) in [5, 5.41) is 8.86. The van der Waals surface area contributed by atoms with Gasteiger partial charge in [-0.05, 0) is 12.8 Å². The average Bonchev–Trinajstić information content (AvgIpc) is 2.46. The molecule has 0 aromatic heterocycles. The topological polar surface area (TPSA) is 73.3 Å². The molecule has 2 aliphatic heterocycles. The molecule has 2 fully saturated rings. The molecule has 0 aromatic carbocycles. The molecule has 1 N–H and O–H groups in total. The lowest BCUT2D eigenvalue weighted by molar-refractivity contribution is -0.142. The second-order valence-corrected chi connectivity index (χ2v) is 5.98. The summed E-state index contributed by atoms with van der Waals surface area (Å²) in [5.74, 6) is -0.812. The van der Waals surface area contributed by atoms with E-state index in [1.54, 1.807) is 19.0 Å². The van der Waals surface area contributed by atoms with E-state index in [2.05, 4.69) is 4.90 Å². The molecule has 21 heavy (non-hydrogen) atoms. The Bertz CT molecular complexity index is 380. The Morgan fingerprint density at radius 3 is 2.48 bits per heavy atom. The highest BCUT2D eigenvalue weighted by Crippen LogP contribution is 2.20. The van der Waals surface area contributed by atoms with Gasteiger partial charge in [-0.1, -0.05) is 0 Å². The van der Waals surface area contributed by atoms with Gasteiger partial charge in [0, 0.05) is 46.3 Å². The fourth-order valence-corrected chi connectivity index (χ4v) is 3.10. The van der Waals surface area contributed by atoms with Crippen molar-refractivity contribution < 1.29 is 19.4 Å². The van der Waals surface area contributed by atoms with Gasteiger partial charge in [0.2, 0.25) is 0 Å².